The number of ether oxygens (including phenoxy) is 1. The van der Waals surface area contributed by atoms with Crippen molar-refractivity contribution in [3.05, 3.63) is 35.6 Å². The standard InChI is InChI=1S/C20H24F3N7O2/c1-4-14(9(2)24)27-18-13(21)8-12(16(25)31)17(28-18)26-10-5-6-15-11(7-10)19(29-30(15)3)32-20(22)23/h5-9,14,20H,4,24H2,1-3H3,(H2,25,31)(H2,26,27,28)/t9-,14+/m0/s1. The number of rotatable bonds is 9. The molecule has 1 amide bonds. The second kappa shape index (κ2) is 9.30. The third-order valence-corrected chi connectivity index (χ3v) is 4.92. The van der Waals surface area contributed by atoms with Gasteiger partial charge in [0.05, 0.1) is 16.5 Å². The van der Waals surface area contributed by atoms with Crippen molar-refractivity contribution in [3.63, 3.8) is 0 Å². The van der Waals surface area contributed by atoms with Gasteiger partial charge in [0.15, 0.2) is 11.6 Å². The molecule has 3 rings (SSSR count). The highest BCUT2D eigenvalue weighted by Gasteiger charge is 2.20. The molecule has 0 spiro atoms. The first-order valence-corrected chi connectivity index (χ1v) is 9.81. The molecule has 0 unspecified atom stereocenters. The summed E-state index contributed by atoms with van der Waals surface area (Å²) in [6.45, 7) is 0.617. The monoisotopic (exact) mass is 451 g/mol. The van der Waals surface area contributed by atoms with Gasteiger partial charge in [0.25, 0.3) is 5.91 Å². The van der Waals surface area contributed by atoms with Gasteiger partial charge in [-0.3, -0.25) is 9.48 Å². The first kappa shape index (κ1) is 23.1. The summed E-state index contributed by atoms with van der Waals surface area (Å²) in [6.07, 6.45) is 0.615. The van der Waals surface area contributed by atoms with Crippen LogP contribution in [0.1, 0.15) is 30.6 Å². The van der Waals surface area contributed by atoms with E-state index in [2.05, 4.69) is 25.5 Å². The van der Waals surface area contributed by atoms with E-state index >= 15 is 0 Å². The van der Waals surface area contributed by atoms with Gasteiger partial charge in [0.1, 0.15) is 5.82 Å². The van der Waals surface area contributed by atoms with E-state index in [0.29, 0.717) is 23.0 Å². The van der Waals surface area contributed by atoms with Crippen molar-refractivity contribution >= 4 is 34.1 Å². The highest BCUT2D eigenvalue weighted by atomic mass is 19.3. The maximum absolute atomic E-state index is 14.6. The molecule has 0 aliphatic carbocycles. The topological polar surface area (TPSA) is 133 Å². The maximum atomic E-state index is 14.6. The van der Waals surface area contributed by atoms with Crippen LogP contribution in [0.4, 0.5) is 30.5 Å². The van der Waals surface area contributed by atoms with E-state index in [4.69, 9.17) is 11.5 Å². The van der Waals surface area contributed by atoms with Crippen molar-refractivity contribution in [3.8, 4) is 5.88 Å². The Labute approximate surface area is 181 Å². The van der Waals surface area contributed by atoms with Crippen LogP contribution in [-0.4, -0.2) is 39.4 Å². The van der Waals surface area contributed by atoms with Crippen molar-refractivity contribution < 1.29 is 22.7 Å². The van der Waals surface area contributed by atoms with Crippen LogP contribution in [0, 0.1) is 5.82 Å². The number of nitrogens with one attached hydrogen (secondary N) is 2. The molecular weight excluding hydrogens is 427 g/mol. The quantitative estimate of drug-likeness (QED) is 0.393. The van der Waals surface area contributed by atoms with Crippen molar-refractivity contribution in [2.75, 3.05) is 10.6 Å². The van der Waals surface area contributed by atoms with E-state index in [9.17, 15) is 18.0 Å². The molecule has 0 radical (unpaired) electrons. The van der Waals surface area contributed by atoms with Crippen LogP contribution in [0.5, 0.6) is 5.88 Å². The van der Waals surface area contributed by atoms with E-state index < -0.39 is 18.3 Å². The fraction of sp³-hybridized carbons (Fsp3) is 0.350. The summed E-state index contributed by atoms with van der Waals surface area (Å²) in [4.78, 5) is 16.1. The Morgan fingerprint density at radius 1 is 1.28 bits per heavy atom. The Kier molecular flexibility index (Phi) is 6.72. The average molecular weight is 451 g/mol. The molecule has 0 aliphatic heterocycles. The van der Waals surface area contributed by atoms with Gasteiger partial charge in [-0.2, -0.15) is 8.78 Å². The van der Waals surface area contributed by atoms with Crippen molar-refractivity contribution in [2.24, 2.45) is 18.5 Å². The Bertz CT molecular complexity index is 1130. The smallest absolute Gasteiger partial charge is 0.388 e. The van der Waals surface area contributed by atoms with E-state index in [1.807, 2.05) is 6.92 Å². The molecule has 12 heteroatoms. The largest absolute Gasteiger partial charge is 0.415 e. The van der Waals surface area contributed by atoms with Gasteiger partial charge in [0.2, 0.25) is 5.88 Å². The number of nitrogens with two attached hydrogens (primary N) is 2. The molecule has 6 N–H and O–H groups in total. The van der Waals surface area contributed by atoms with E-state index in [1.54, 1.807) is 26.1 Å². The molecule has 2 atom stereocenters. The van der Waals surface area contributed by atoms with Gasteiger partial charge in [-0.15, -0.1) is 5.10 Å². The van der Waals surface area contributed by atoms with Gasteiger partial charge >= 0.3 is 6.61 Å². The predicted molar refractivity (Wildman–Crippen MR) is 115 cm³/mol. The number of anilines is 3. The number of aryl methyl sites for hydroxylation is 1. The summed E-state index contributed by atoms with van der Waals surface area (Å²) in [5.41, 5.74) is 12.0. The van der Waals surface area contributed by atoms with Crippen LogP contribution >= 0.6 is 0 Å². The zero-order chi connectivity index (χ0) is 23.6. The molecule has 0 aliphatic rings. The number of halogens is 3. The summed E-state index contributed by atoms with van der Waals surface area (Å²) >= 11 is 0. The second-order valence-corrected chi connectivity index (χ2v) is 7.26. The first-order valence-electron chi connectivity index (χ1n) is 9.81. The third-order valence-electron chi connectivity index (χ3n) is 4.92. The number of pyridine rings is 1. The molecule has 1 aromatic carbocycles. The summed E-state index contributed by atoms with van der Waals surface area (Å²) in [5.74, 6) is -2.03. The minimum Gasteiger partial charge on any atom is -0.415 e. The van der Waals surface area contributed by atoms with Crippen LogP contribution in [0.25, 0.3) is 10.9 Å². The number of alkyl halides is 2. The number of nitrogens with zero attached hydrogens (tertiary/aromatic N) is 3. The highest BCUT2D eigenvalue weighted by molar-refractivity contribution is 5.99. The second-order valence-electron chi connectivity index (χ2n) is 7.26. The third kappa shape index (κ3) is 4.85. The van der Waals surface area contributed by atoms with E-state index in [1.165, 1.54) is 10.7 Å². The molecule has 3 aromatic rings. The molecule has 0 saturated heterocycles. The molecule has 2 heterocycles. The fourth-order valence-corrected chi connectivity index (χ4v) is 3.27. The highest BCUT2D eigenvalue weighted by Crippen LogP contribution is 2.31. The number of aromatic nitrogens is 3. The number of primary amides is 1. The fourth-order valence-electron chi connectivity index (χ4n) is 3.27. The summed E-state index contributed by atoms with van der Waals surface area (Å²) in [7, 11) is 1.58. The van der Waals surface area contributed by atoms with Gasteiger partial charge in [-0.1, -0.05) is 6.92 Å². The molecular formula is C20H24F3N7O2. The minimum absolute atomic E-state index is 0.0134. The van der Waals surface area contributed by atoms with Crippen LogP contribution in [0.2, 0.25) is 0 Å². The summed E-state index contributed by atoms with van der Waals surface area (Å²) in [5, 5.41) is 10.1. The SMILES string of the molecule is CC[C@@H](Nc1nc(Nc2ccc3c(c2)c(OC(F)F)nn3C)c(C(N)=O)cc1F)[C@H](C)N. The van der Waals surface area contributed by atoms with Crippen molar-refractivity contribution in [1.82, 2.24) is 14.8 Å². The lowest BCUT2D eigenvalue weighted by atomic mass is 10.1. The van der Waals surface area contributed by atoms with Crippen molar-refractivity contribution in [2.45, 2.75) is 39.0 Å². The van der Waals surface area contributed by atoms with E-state index in [-0.39, 0.29) is 35.2 Å². The number of carbonyl (C=O) groups excluding carboxylic acids is 1. The first-order chi connectivity index (χ1) is 15.1. The van der Waals surface area contributed by atoms with Gasteiger partial charge < -0.3 is 26.8 Å². The number of benzene rings is 1. The predicted octanol–water partition coefficient (Wildman–Crippen LogP) is 3.09. The number of amides is 1. The molecule has 0 fully saturated rings. The Balaban J connectivity index is 2.02. The lowest BCUT2D eigenvalue weighted by Crippen LogP contribution is -2.38. The Morgan fingerprint density at radius 3 is 2.59 bits per heavy atom. The van der Waals surface area contributed by atoms with Crippen LogP contribution in [-0.2, 0) is 7.05 Å². The Morgan fingerprint density at radius 2 is 2.00 bits per heavy atom. The summed E-state index contributed by atoms with van der Waals surface area (Å²) in [6, 6.07) is 5.18. The lowest BCUT2D eigenvalue weighted by molar-refractivity contribution is -0.0521. The number of hydrogen-bond donors (Lipinski definition) is 4. The number of hydrogen-bond acceptors (Lipinski definition) is 7. The van der Waals surface area contributed by atoms with Crippen LogP contribution in [0.3, 0.4) is 0 Å². The maximum Gasteiger partial charge on any atom is 0.388 e. The molecule has 172 valence electrons. The minimum atomic E-state index is -3.05. The summed E-state index contributed by atoms with van der Waals surface area (Å²) < 4.78 is 45.9. The van der Waals surface area contributed by atoms with E-state index in [0.717, 1.165) is 6.07 Å². The molecule has 9 nitrogen and oxygen atoms in total. The van der Waals surface area contributed by atoms with Crippen molar-refractivity contribution in [1.29, 1.82) is 0 Å². The zero-order valence-corrected chi connectivity index (χ0v) is 17.7. The number of fused-ring (bicyclic) bond motifs is 1. The zero-order valence-electron chi connectivity index (χ0n) is 17.7. The van der Waals surface area contributed by atoms with Gasteiger partial charge in [-0.05, 0) is 37.6 Å². The Hall–Kier alpha value is -3.54. The number of carbonyl (C=O) groups is 1. The molecule has 0 bridgehead atoms. The van der Waals surface area contributed by atoms with Crippen LogP contribution < -0.4 is 26.8 Å². The van der Waals surface area contributed by atoms with Gasteiger partial charge in [0, 0.05) is 24.8 Å². The average Bonchev–Trinajstić information content (AvgIpc) is 3.01. The molecule has 32 heavy (non-hydrogen) atoms. The molecule has 0 saturated carbocycles. The van der Waals surface area contributed by atoms with Gasteiger partial charge in [-0.25, -0.2) is 9.37 Å². The lowest BCUT2D eigenvalue weighted by Gasteiger charge is -2.22. The normalized spacial score (nSPS) is 13.2. The molecule has 2 aromatic heterocycles. The van der Waals surface area contributed by atoms with Crippen LogP contribution in [0.15, 0.2) is 24.3 Å².